The number of aromatic nitrogens is 2. The highest BCUT2D eigenvalue weighted by Gasteiger charge is 2.54. The third-order valence-corrected chi connectivity index (χ3v) is 6.69. The molecular weight excluding hydrogens is 417 g/mol. The topological polar surface area (TPSA) is 59.6 Å². The Balaban J connectivity index is 1.80. The molecule has 3 aromatic rings. The number of aryl methyl sites for hydroxylation is 3. The van der Waals surface area contributed by atoms with E-state index in [1.807, 2.05) is 19.1 Å². The Hall–Kier alpha value is -3.25. The van der Waals surface area contributed by atoms with Crippen LogP contribution < -0.4 is 4.74 Å². The summed E-state index contributed by atoms with van der Waals surface area (Å²) < 4.78 is 22.6. The van der Waals surface area contributed by atoms with E-state index in [1.54, 1.807) is 49.1 Å². The Morgan fingerprint density at radius 2 is 1.91 bits per heavy atom. The molecule has 0 saturated carbocycles. The zero-order valence-corrected chi connectivity index (χ0v) is 19.7. The molecule has 3 atom stereocenters. The molecule has 1 aliphatic rings. The highest BCUT2D eigenvalue weighted by Crippen LogP contribution is 2.41. The number of rotatable bonds is 7. The van der Waals surface area contributed by atoms with Gasteiger partial charge in [0.25, 0.3) is 0 Å². The predicted octanol–water partition coefficient (Wildman–Crippen LogP) is 4.98. The number of aliphatic imine (C=N–C) groups is 1. The quantitative estimate of drug-likeness (QED) is 0.556. The molecule has 0 radical (unpaired) electrons. The minimum absolute atomic E-state index is 0.352. The third kappa shape index (κ3) is 4.11. The van der Waals surface area contributed by atoms with Crippen molar-refractivity contribution in [1.82, 2.24) is 9.78 Å². The number of aliphatic hydroxyl groups is 1. The molecule has 1 N–H and O–H groups in total. The van der Waals surface area contributed by atoms with E-state index >= 15 is 0 Å². The van der Waals surface area contributed by atoms with Crippen molar-refractivity contribution >= 4 is 6.21 Å². The van der Waals surface area contributed by atoms with Gasteiger partial charge in [0.1, 0.15) is 11.4 Å². The first-order chi connectivity index (χ1) is 15.6. The summed E-state index contributed by atoms with van der Waals surface area (Å²) in [5.74, 6) is 0.0732. The second-order valence-electron chi connectivity index (χ2n) is 9.02. The maximum Gasteiger partial charge on any atom is 0.212 e. The fraction of sp³-hybridized carbons (Fsp3) is 0.333. The lowest BCUT2D eigenvalue weighted by molar-refractivity contribution is -0.0819. The summed E-state index contributed by atoms with van der Waals surface area (Å²) >= 11 is 0. The fourth-order valence-electron chi connectivity index (χ4n) is 4.45. The zero-order valence-electron chi connectivity index (χ0n) is 19.7. The van der Waals surface area contributed by atoms with Gasteiger partial charge in [-0.1, -0.05) is 36.4 Å². The molecule has 1 aromatic heterocycles. The average molecular weight is 448 g/mol. The van der Waals surface area contributed by atoms with Crippen LogP contribution in [0.5, 0.6) is 5.88 Å². The molecule has 1 aliphatic heterocycles. The number of ether oxygens (including phenoxy) is 1. The molecular formula is C27H30FN3O2. The van der Waals surface area contributed by atoms with E-state index in [0.29, 0.717) is 23.6 Å². The van der Waals surface area contributed by atoms with Gasteiger partial charge < -0.3 is 9.84 Å². The van der Waals surface area contributed by atoms with Gasteiger partial charge in [0.15, 0.2) is 5.60 Å². The van der Waals surface area contributed by atoms with E-state index in [2.05, 4.69) is 37.1 Å². The first-order valence-electron chi connectivity index (χ1n) is 11.1. The van der Waals surface area contributed by atoms with Crippen molar-refractivity contribution in [3.05, 3.63) is 83.2 Å². The first-order valence-corrected chi connectivity index (χ1v) is 11.1. The predicted molar refractivity (Wildman–Crippen MR) is 129 cm³/mol. The molecule has 172 valence electrons. The van der Waals surface area contributed by atoms with Crippen LogP contribution in [0.4, 0.5) is 4.39 Å². The third-order valence-electron chi connectivity index (χ3n) is 6.69. The van der Waals surface area contributed by atoms with Crippen LogP contribution in [0.1, 0.15) is 30.5 Å². The van der Waals surface area contributed by atoms with Crippen molar-refractivity contribution in [1.29, 1.82) is 0 Å². The molecule has 2 heterocycles. The molecule has 0 fully saturated rings. The van der Waals surface area contributed by atoms with Crippen LogP contribution >= 0.6 is 0 Å². The van der Waals surface area contributed by atoms with Crippen LogP contribution in [0.25, 0.3) is 11.3 Å². The summed E-state index contributed by atoms with van der Waals surface area (Å²) in [7, 11) is 1.75. The van der Waals surface area contributed by atoms with Crippen LogP contribution in [0.2, 0.25) is 0 Å². The summed E-state index contributed by atoms with van der Waals surface area (Å²) in [5.41, 5.74) is 2.32. The number of allylic oxidation sites excluding steroid dienone is 1. The van der Waals surface area contributed by atoms with Gasteiger partial charge in [0.05, 0.1) is 11.8 Å². The molecule has 2 aromatic carbocycles. The lowest BCUT2D eigenvalue weighted by Crippen LogP contribution is -2.62. The normalized spacial score (nSPS) is 20.1. The molecule has 0 amide bonds. The van der Waals surface area contributed by atoms with Gasteiger partial charge in [-0.2, -0.15) is 5.10 Å². The van der Waals surface area contributed by atoms with Crippen LogP contribution in [0.3, 0.4) is 0 Å². The van der Waals surface area contributed by atoms with Gasteiger partial charge in [-0.15, -0.1) is 0 Å². The van der Waals surface area contributed by atoms with E-state index in [1.165, 1.54) is 17.2 Å². The minimum Gasteiger partial charge on any atom is -0.465 e. The Bertz CT molecular complexity index is 1220. The van der Waals surface area contributed by atoms with Gasteiger partial charge in [-0.05, 0) is 62.6 Å². The maximum atomic E-state index is 14.4. The molecule has 0 bridgehead atoms. The Morgan fingerprint density at radius 3 is 2.55 bits per heavy atom. The maximum absolute atomic E-state index is 14.4. The van der Waals surface area contributed by atoms with E-state index < -0.39 is 17.2 Å². The summed E-state index contributed by atoms with van der Waals surface area (Å²) in [6, 6.07) is 14.5. The monoisotopic (exact) mass is 447 g/mol. The summed E-state index contributed by atoms with van der Waals surface area (Å²) in [6.07, 6.45) is 5.10. The highest BCUT2D eigenvalue weighted by atomic mass is 19.1. The second kappa shape index (κ2) is 8.60. The highest BCUT2D eigenvalue weighted by molar-refractivity contribution is 5.75. The minimum atomic E-state index is -1.13. The van der Waals surface area contributed by atoms with Crippen molar-refractivity contribution in [2.75, 3.05) is 0 Å². The molecule has 0 aliphatic carbocycles. The summed E-state index contributed by atoms with van der Waals surface area (Å²) in [6.45, 7) is 7.82. The van der Waals surface area contributed by atoms with Crippen molar-refractivity contribution in [2.45, 2.75) is 51.4 Å². The standard InChI is InChI=1S/C27H30FN3O2/c1-18-11-12-21(15-19(18)2)17-27(20(3)32,26(4)13-8-14-29-26)33-25-16-24(30-31(25)5)22-9-6-7-10-23(22)28/h6-16,20,32H,17H2,1-5H3. The largest absolute Gasteiger partial charge is 0.465 e. The molecule has 6 heteroatoms. The van der Waals surface area contributed by atoms with Gasteiger partial charge in [-0.3, -0.25) is 4.99 Å². The van der Waals surface area contributed by atoms with Crippen LogP contribution in [-0.4, -0.2) is 38.3 Å². The van der Waals surface area contributed by atoms with Crippen molar-refractivity contribution in [2.24, 2.45) is 12.0 Å². The Kier molecular flexibility index (Phi) is 5.97. The molecule has 3 unspecified atom stereocenters. The van der Waals surface area contributed by atoms with Crippen LogP contribution in [0, 0.1) is 19.7 Å². The zero-order chi connectivity index (χ0) is 23.8. The first kappa shape index (κ1) is 22.9. The second-order valence-corrected chi connectivity index (χ2v) is 9.02. The Morgan fingerprint density at radius 1 is 1.15 bits per heavy atom. The van der Waals surface area contributed by atoms with Gasteiger partial charge in [0, 0.05) is 31.3 Å². The number of hydrogen-bond acceptors (Lipinski definition) is 4. The van der Waals surface area contributed by atoms with E-state index in [9.17, 15) is 9.50 Å². The van der Waals surface area contributed by atoms with Gasteiger partial charge >= 0.3 is 0 Å². The van der Waals surface area contributed by atoms with E-state index in [0.717, 1.165) is 5.56 Å². The number of nitrogens with zero attached hydrogens (tertiary/aromatic N) is 3. The van der Waals surface area contributed by atoms with Crippen molar-refractivity contribution < 1.29 is 14.2 Å². The van der Waals surface area contributed by atoms with Gasteiger partial charge in [0.2, 0.25) is 5.88 Å². The average Bonchev–Trinajstić information content (AvgIpc) is 3.37. The van der Waals surface area contributed by atoms with E-state index in [-0.39, 0.29) is 5.82 Å². The fourth-order valence-corrected chi connectivity index (χ4v) is 4.45. The number of benzene rings is 2. The summed E-state index contributed by atoms with van der Waals surface area (Å²) in [4.78, 5) is 4.69. The SMILES string of the molecule is Cc1ccc(CC(Oc2cc(-c3ccccc3F)nn2C)(C(C)O)C2(C)C=CC=N2)cc1C. The smallest absolute Gasteiger partial charge is 0.212 e. The Labute approximate surface area is 194 Å². The lowest BCUT2D eigenvalue weighted by Gasteiger charge is -2.45. The molecule has 4 rings (SSSR count). The molecule has 0 spiro atoms. The molecule has 33 heavy (non-hydrogen) atoms. The summed E-state index contributed by atoms with van der Waals surface area (Å²) in [5, 5.41) is 15.7. The van der Waals surface area contributed by atoms with Crippen LogP contribution in [0.15, 0.2) is 65.7 Å². The van der Waals surface area contributed by atoms with Crippen LogP contribution in [-0.2, 0) is 13.5 Å². The lowest BCUT2D eigenvalue weighted by atomic mass is 9.73. The van der Waals surface area contributed by atoms with Gasteiger partial charge in [-0.25, -0.2) is 9.07 Å². The van der Waals surface area contributed by atoms with Crippen molar-refractivity contribution in [3.8, 4) is 17.1 Å². The number of hydrogen-bond donors (Lipinski definition) is 1. The molecule has 5 nitrogen and oxygen atoms in total. The van der Waals surface area contributed by atoms with Crippen molar-refractivity contribution in [3.63, 3.8) is 0 Å². The number of aliphatic hydroxyl groups excluding tert-OH is 1. The number of halogens is 1. The van der Waals surface area contributed by atoms with E-state index in [4.69, 9.17) is 9.73 Å². The molecule has 0 saturated heterocycles.